The molecule has 1 fully saturated rings. The van der Waals surface area contributed by atoms with Crippen molar-refractivity contribution in [3.8, 4) is 11.5 Å². The van der Waals surface area contributed by atoms with Crippen LogP contribution in [0.1, 0.15) is 5.69 Å². The van der Waals surface area contributed by atoms with E-state index in [0.29, 0.717) is 23.7 Å². The van der Waals surface area contributed by atoms with Crippen LogP contribution in [0.2, 0.25) is 0 Å². The van der Waals surface area contributed by atoms with E-state index < -0.39 is 17.7 Å². The molecule has 1 aliphatic rings. The molecule has 10 heteroatoms. The van der Waals surface area contributed by atoms with Crippen LogP contribution in [0.15, 0.2) is 66.9 Å². The summed E-state index contributed by atoms with van der Waals surface area (Å²) >= 11 is 0. The largest absolute Gasteiger partial charge is 0.457 e. The van der Waals surface area contributed by atoms with Gasteiger partial charge in [0.2, 0.25) is 0 Å². The molecule has 1 aromatic heterocycles. The first-order valence-electron chi connectivity index (χ1n) is 11.4. The summed E-state index contributed by atoms with van der Waals surface area (Å²) in [7, 11) is 0. The molecule has 36 heavy (non-hydrogen) atoms. The lowest BCUT2D eigenvalue weighted by atomic mass is 10.2. The summed E-state index contributed by atoms with van der Waals surface area (Å²) < 4.78 is 37.8. The highest BCUT2D eigenvalue weighted by molar-refractivity contribution is 5.99. The predicted molar refractivity (Wildman–Crippen MR) is 131 cm³/mol. The molecule has 1 aliphatic heterocycles. The van der Waals surface area contributed by atoms with Gasteiger partial charge in [-0.05, 0) is 36.4 Å². The standard InChI is InChI=1S/C26H23F2N5O3/c27-22-6-4-18(13-23(22)28)32-26(34)31-17-2-1-3-20(12-17)36-21-5-7-24-25(14-21)30-19(15-29-24)16-33-8-10-35-11-9-33/h1-7,12-15H,8-11,16H2,(H2,31,32,34). The number of nitrogens with zero attached hydrogens (tertiary/aromatic N) is 3. The number of urea groups is 1. The normalized spacial score (nSPS) is 13.9. The number of benzene rings is 3. The number of halogens is 2. The second kappa shape index (κ2) is 10.6. The van der Waals surface area contributed by atoms with Gasteiger partial charge in [-0.3, -0.25) is 9.88 Å². The highest BCUT2D eigenvalue weighted by Gasteiger charge is 2.13. The van der Waals surface area contributed by atoms with E-state index in [1.165, 1.54) is 6.07 Å². The number of amides is 2. The second-order valence-corrected chi connectivity index (χ2v) is 8.24. The summed E-state index contributed by atoms with van der Waals surface area (Å²) in [6, 6.07) is 14.8. The van der Waals surface area contributed by atoms with Crippen molar-refractivity contribution in [3.05, 3.63) is 84.2 Å². The van der Waals surface area contributed by atoms with Gasteiger partial charge in [-0.25, -0.2) is 18.6 Å². The van der Waals surface area contributed by atoms with E-state index in [1.54, 1.807) is 36.5 Å². The highest BCUT2D eigenvalue weighted by Crippen LogP contribution is 2.26. The van der Waals surface area contributed by atoms with Crippen LogP contribution in [-0.4, -0.2) is 47.2 Å². The number of morpholine rings is 1. The fraction of sp³-hybridized carbons (Fsp3) is 0.192. The van der Waals surface area contributed by atoms with Crippen molar-refractivity contribution >= 4 is 28.4 Å². The van der Waals surface area contributed by atoms with Gasteiger partial charge in [0.15, 0.2) is 11.6 Å². The Kier molecular flexibility index (Phi) is 6.96. The van der Waals surface area contributed by atoms with Crippen LogP contribution in [0.25, 0.3) is 11.0 Å². The molecule has 0 saturated carbocycles. The lowest BCUT2D eigenvalue weighted by Gasteiger charge is -2.26. The molecular weight excluding hydrogens is 468 g/mol. The maximum absolute atomic E-state index is 13.4. The molecule has 8 nitrogen and oxygen atoms in total. The molecule has 0 aliphatic carbocycles. The SMILES string of the molecule is O=C(Nc1cccc(Oc2ccc3ncc(CN4CCOCC4)nc3c2)c1)Nc1ccc(F)c(F)c1. The van der Waals surface area contributed by atoms with Crippen LogP contribution in [0, 0.1) is 11.6 Å². The van der Waals surface area contributed by atoms with E-state index in [4.69, 9.17) is 14.5 Å². The van der Waals surface area contributed by atoms with Crippen molar-refractivity contribution in [2.45, 2.75) is 6.54 Å². The number of nitrogens with one attached hydrogen (secondary N) is 2. The fourth-order valence-corrected chi connectivity index (χ4v) is 3.80. The van der Waals surface area contributed by atoms with E-state index in [2.05, 4.69) is 20.5 Å². The Bertz CT molecular complexity index is 1400. The van der Waals surface area contributed by atoms with Gasteiger partial charge in [-0.1, -0.05) is 6.07 Å². The molecule has 2 heterocycles. The Morgan fingerprint density at radius 1 is 0.917 bits per heavy atom. The molecule has 3 aromatic carbocycles. The van der Waals surface area contributed by atoms with E-state index in [-0.39, 0.29) is 5.69 Å². The third-order valence-corrected chi connectivity index (χ3v) is 5.56. The number of aromatic nitrogens is 2. The summed E-state index contributed by atoms with van der Waals surface area (Å²) in [5, 5.41) is 5.10. The highest BCUT2D eigenvalue weighted by atomic mass is 19.2. The molecule has 0 unspecified atom stereocenters. The van der Waals surface area contributed by atoms with Gasteiger partial charge in [0.05, 0.1) is 36.1 Å². The molecule has 0 spiro atoms. The minimum Gasteiger partial charge on any atom is -0.457 e. The quantitative estimate of drug-likeness (QED) is 0.387. The van der Waals surface area contributed by atoms with Gasteiger partial charge in [0.25, 0.3) is 0 Å². The van der Waals surface area contributed by atoms with Gasteiger partial charge in [-0.15, -0.1) is 0 Å². The lowest BCUT2D eigenvalue weighted by molar-refractivity contribution is 0.0336. The smallest absolute Gasteiger partial charge is 0.323 e. The number of anilines is 2. The minimum absolute atomic E-state index is 0.129. The zero-order valence-electron chi connectivity index (χ0n) is 19.2. The second-order valence-electron chi connectivity index (χ2n) is 8.24. The van der Waals surface area contributed by atoms with Crippen molar-refractivity contribution < 1.29 is 23.0 Å². The Balaban J connectivity index is 1.25. The molecule has 184 valence electrons. The van der Waals surface area contributed by atoms with Crippen molar-refractivity contribution in [2.75, 3.05) is 36.9 Å². The molecule has 4 aromatic rings. The molecule has 5 rings (SSSR count). The molecular formula is C26H23F2N5O3. The Morgan fingerprint density at radius 2 is 1.69 bits per heavy atom. The predicted octanol–water partition coefficient (Wildman–Crippen LogP) is 5.18. The van der Waals surface area contributed by atoms with Crippen molar-refractivity contribution in [1.29, 1.82) is 0 Å². The fourth-order valence-electron chi connectivity index (χ4n) is 3.80. The third-order valence-electron chi connectivity index (χ3n) is 5.56. The summed E-state index contributed by atoms with van der Waals surface area (Å²) in [6.07, 6.45) is 1.79. The molecule has 2 amide bonds. The summed E-state index contributed by atoms with van der Waals surface area (Å²) in [4.78, 5) is 23.8. The van der Waals surface area contributed by atoms with Gasteiger partial charge in [0, 0.05) is 49.2 Å². The average Bonchev–Trinajstić information content (AvgIpc) is 2.87. The number of hydrogen-bond acceptors (Lipinski definition) is 6. The minimum atomic E-state index is -1.04. The van der Waals surface area contributed by atoms with E-state index in [1.807, 2.05) is 12.1 Å². The molecule has 0 bridgehead atoms. The lowest BCUT2D eigenvalue weighted by Crippen LogP contribution is -2.35. The number of rotatable bonds is 6. The molecule has 0 atom stereocenters. The van der Waals surface area contributed by atoms with E-state index in [0.717, 1.165) is 55.2 Å². The zero-order chi connectivity index (χ0) is 24.9. The topological polar surface area (TPSA) is 88.6 Å². The Morgan fingerprint density at radius 3 is 2.50 bits per heavy atom. The third kappa shape index (κ3) is 5.91. The molecule has 0 radical (unpaired) electrons. The van der Waals surface area contributed by atoms with Gasteiger partial charge < -0.3 is 20.1 Å². The van der Waals surface area contributed by atoms with Crippen molar-refractivity contribution in [1.82, 2.24) is 14.9 Å². The maximum Gasteiger partial charge on any atom is 0.323 e. The first kappa shape index (κ1) is 23.6. The van der Waals surface area contributed by atoms with Gasteiger partial charge in [-0.2, -0.15) is 0 Å². The van der Waals surface area contributed by atoms with E-state index >= 15 is 0 Å². The van der Waals surface area contributed by atoms with Gasteiger partial charge >= 0.3 is 6.03 Å². The Hall–Kier alpha value is -4.15. The zero-order valence-corrected chi connectivity index (χ0v) is 19.2. The monoisotopic (exact) mass is 491 g/mol. The van der Waals surface area contributed by atoms with Crippen LogP contribution in [0.3, 0.4) is 0 Å². The number of carbonyl (C=O) groups is 1. The van der Waals surface area contributed by atoms with Crippen LogP contribution in [0.5, 0.6) is 11.5 Å². The number of ether oxygens (including phenoxy) is 2. The number of carbonyl (C=O) groups excluding carboxylic acids is 1. The van der Waals surface area contributed by atoms with Crippen molar-refractivity contribution in [2.24, 2.45) is 0 Å². The van der Waals surface area contributed by atoms with E-state index in [9.17, 15) is 13.6 Å². The summed E-state index contributed by atoms with van der Waals surface area (Å²) in [5.41, 5.74) is 2.95. The summed E-state index contributed by atoms with van der Waals surface area (Å²) in [6.45, 7) is 3.88. The van der Waals surface area contributed by atoms with Crippen LogP contribution in [-0.2, 0) is 11.3 Å². The maximum atomic E-state index is 13.4. The number of hydrogen-bond donors (Lipinski definition) is 2. The Labute approximate surface area is 205 Å². The molecule has 1 saturated heterocycles. The van der Waals surface area contributed by atoms with Crippen LogP contribution in [0.4, 0.5) is 25.0 Å². The summed E-state index contributed by atoms with van der Waals surface area (Å²) in [5.74, 6) is -0.962. The number of fused-ring (bicyclic) bond motifs is 1. The first-order valence-corrected chi connectivity index (χ1v) is 11.4. The van der Waals surface area contributed by atoms with Crippen LogP contribution < -0.4 is 15.4 Å². The van der Waals surface area contributed by atoms with Crippen LogP contribution >= 0.6 is 0 Å². The first-order chi connectivity index (χ1) is 17.5. The average molecular weight is 491 g/mol. The van der Waals surface area contributed by atoms with Gasteiger partial charge in [0.1, 0.15) is 11.5 Å². The van der Waals surface area contributed by atoms with Crippen molar-refractivity contribution in [3.63, 3.8) is 0 Å². The molecule has 2 N–H and O–H groups in total.